The summed E-state index contributed by atoms with van der Waals surface area (Å²) >= 11 is 0. The highest BCUT2D eigenvalue weighted by Crippen LogP contribution is 2.42. The van der Waals surface area contributed by atoms with Crippen molar-refractivity contribution in [1.29, 1.82) is 0 Å². The first-order chi connectivity index (χ1) is 6.50. The molecule has 0 aliphatic heterocycles. The van der Waals surface area contributed by atoms with Gasteiger partial charge in [-0.1, -0.05) is 20.8 Å². The first-order valence-corrected chi connectivity index (χ1v) is 5.50. The Bertz CT molecular complexity index is 331. The Balaban J connectivity index is 2.41. The maximum absolute atomic E-state index is 4.57. The van der Waals surface area contributed by atoms with Crippen molar-refractivity contribution >= 4 is 0 Å². The van der Waals surface area contributed by atoms with Gasteiger partial charge < -0.3 is 4.57 Å². The summed E-state index contributed by atoms with van der Waals surface area (Å²) in [5.41, 5.74) is 3.16. The zero-order chi connectivity index (χ0) is 10.3. The van der Waals surface area contributed by atoms with E-state index in [1.165, 1.54) is 30.7 Å². The minimum absolute atomic E-state index is 0.351. The molecular weight excluding hydrogens is 172 g/mol. The van der Waals surface area contributed by atoms with Gasteiger partial charge in [0.15, 0.2) is 0 Å². The van der Waals surface area contributed by atoms with Crippen LogP contribution in [0.5, 0.6) is 0 Å². The molecule has 0 radical (unpaired) electrons. The third-order valence-electron chi connectivity index (χ3n) is 3.37. The lowest BCUT2D eigenvalue weighted by molar-refractivity contribution is 0.283. The number of fused-ring (bicyclic) bond motifs is 1. The molecule has 1 aromatic rings. The van der Waals surface area contributed by atoms with Crippen LogP contribution in [0, 0.1) is 5.41 Å². The molecule has 0 aromatic carbocycles. The third-order valence-corrected chi connectivity index (χ3v) is 3.37. The van der Waals surface area contributed by atoms with Gasteiger partial charge in [-0.2, -0.15) is 0 Å². The minimum Gasteiger partial charge on any atom is -0.337 e. The van der Waals surface area contributed by atoms with Gasteiger partial charge in [0.2, 0.25) is 0 Å². The monoisotopic (exact) mass is 192 g/mol. The van der Waals surface area contributed by atoms with E-state index in [4.69, 9.17) is 0 Å². The van der Waals surface area contributed by atoms with Crippen molar-refractivity contribution in [2.24, 2.45) is 12.5 Å². The number of imidazole rings is 1. The third kappa shape index (κ3) is 1.47. The van der Waals surface area contributed by atoms with Gasteiger partial charge >= 0.3 is 0 Å². The zero-order valence-corrected chi connectivity index (χ0v) is 9.67. The van der Waals surface area contributed by atoms with E-state index in [0.717, 1.165) is 0 Å². The second-order valence-electron chi connectivity index (χ2n) is 5.50. The quantitative estimate of drug-likeness (QED) is 0.618. The standard InChI is InChI=1S/C12H20N2/c1-12(2,3)9-6-5-7-10-11(9)13-8-14(10)4/h8-9H,5-7H2,1-4H3. The predicted octanol–water partition coefficient (Wildman–Crippen LogP) is 2.89. The molecule has 0 saturated carbocycles. The van der Waals surface area contributed by atoms with Crippen LogP contribution in [-0.4, -0.2) is 9.55 Å². The van der Waals surface area contributed by atoms with Crippen LogP contribution in [0.3, 0.4) is 0 Å². The fraction of sp³-hybridized carbons (Fsp3) is 0.750. The molecule has 1 heterocycles. The van der Waals surface area contributed by atoms with E-state index in [1.54, 1.807) is 0 Å². The van der Waals surface area contributed by atoms with E-state index in [2.05, 4.69) is 37.4 Å². The molecule has 1 unspecified atom stereocenters. The Morgan fingerprint density at radius 3 is 2.79 bits per heavy atom. The number of aromatic nitrogens is 2. The second-order valence-corrected chi connectivity index (χ2v) is 5.50. The summed E-state index contributed by atoms with van der Waals surface area (Å²) in [4.78, 5) is 4.57. The molecule has 0 N–H and O–H groups in total. The highest BCUT2D eigenvalue weighted by Gasteiger charge is 2.32. The summed E-state index contributed by atoms with van der Waals surface area (Å²) < 4.78 is 2.19. The van der Waals surface area contributed by atoms with E-state index in [0.29, 0.717) is 11.3 Å². The maximum Gasteiger partial charge on any atom is 0.0949 e. The average molecular weight is 192 g/mol. The van der Waals surface area contributed by atoms with Crippen molar-refractivity contribution in [1.82, 2.24) is 9.55 Å². The topological polar surface area (TPSA) is 17.8 Å². The van der Waals surface area contributed by atoms with Gasteiger partial charge in [-0.15, -0.1) is 0 Å². The Hall–Kier alpha value is -0.790. The summed E-state index contributed by atoms with van der Waals surface area (Å²) in [6.45, 7) is 6.96. The lowest BCUT2D eigenvalue weighted by atomic mass is 9.73. The van der Waals surface area contributed by atoms with Crippen molar-refractivity contribution in [3.8, 4) is 0 Å². The Morgan fingerprint density at radius 1 is 1.43 bits per heavy atom. The molecule has 2 rings (SSSR count). The van der Waals surface area contributed by atoms with Gasteiger partial charge in [-0.3, -0.25) is 0 Å². The maximum atomic E-state index is 4.57. The van der Waals surface area contributed by atoms with E-state index in [1.807, 2.05) is 6.33 Å². The van der Waals surface area contributed by atoms with E-state index >= 15 is 0 Å². The van der Waals surface area contributed by atoms with Gasteiger partial charge in [0.25, 0.3) is 0 Å². The summed E-state index contributed by atoms with van der Waals surface area (Å²) in [6, 6.07) is 0. The number of nitrogens with zero attached hydrogens (tertiary/aromatic N) is 2. The fourth-order valence-corrected chi connectivity index (χ4v) is 2.52. The van der Waals surface area contributed by atoms with Gasteiger partial charge in [0.05, 0.1) is 12.0 Å². The van der Waals surface area contributed by atoms with Crippen molar-refractivity contribution in [2.45, 2.75) is 46.0 Å². The summed E-state index contributed by atoms with van der Waals surface area (Å²) in [7, 11) is 2.11. The first-order valence-electron chi connectivity index (χ1n) is 5.50. The normalized spacial score (nSPS) is 22.1. The summed E-state index contributed by atoms with van der Waals surface area (Å²) in [6.07, 6.45) is 5.79. The van der Waals surface area contributed by atoms with Crippen LogP contribution >= 0.6 is 0 Å². The van der Waals surface area contributed by atoms with E-state index in [9.17, 15) is 0 Å². The SMILES string of the molecule is Cn1cnc2c1CCCC2C(C)(C)C. The molecule has 0 bridgehead atoms. The summed E-state index contributed by atoms with van der Waals surface area (Å²) in [5, 5.41) is 0. The zero-order valence-electron chi connectivity index (χ0n) is 9.67. The Labute approximate surface area is 86.3 Å². The first kappa shape index (κ1) is 9.75. The van der Waals surface area contributed by atoms with Gasteiger partial charge in [0.1, 0.15) is 0 Å². The molecule has 1 aliphatic carbocycles. The smallest absolute Gasteiger partial charge is 0.0949 e. The molecule has 1 aromatic heterocycles. The van der Waals surface area contributed by atoms with Gasteiger partial charge in [0, 0.05) is 18.7 Å². The number of rotatable bonds is 0. The van der Waals surface area contributed by atoms with E-state index < -0.39 is 0 Å². The minimum atomic E-state index is 0.351. The van der Waals surface area contributed by atoms with Crippen LogP contribution < -0.4 is 0 Å². The predicted molar refractivity (Wildman–Crippen MR) is 58.3 cm³/mol. The van der Waals surface area contributed by atoms with Crippen LogP contribution in [0.1, 0.15) is 50.9 Å². The lowest BCUT2D eigenvalue weighted by Gasteiger charge is -2.33. The largest absolute Gasteiger partial charge is 0.337 e. The molecule has 1 atom stereocenters. The highest BCUT2D eigenvalue weighted by molar-refractivity contribution is 5.22. The second kappa shape index (κ2) is 3.11. The van der Waals surface area contributed by atoms with Crippen molar-refractivity contribution in [2.75, 3.05) is 0 Å². The summed E-state index contributed by atoms with van der Waals surface area (Å²) in [5.74, 6) is 0.646. The van der Waals surface area contributed by atoms with Crippen LogP contribution in [0.4, 0.5) is 0 Å². The van der Waals surface area contributed by atoms with Crippen molar-refractivity contribution in [3.63, 3.8) is 0 Å². The molecule has 2 heteroatoms. The molecule has 1 aliphatic rings. The highest BCUT2D eigenvalue weighted by atomic mass is 15.0. The van der Waals surface area contributed by atoms with Crippen molar-refractivity contribution in [3.05, 3.63) is 17.7 Å². The molecule has 2 nitrogen and oxygen atoms in total. The number of aryl methyl sites for hydroxylation is 1. The molecule has 0 amide bonds. The number of hydrogen-bond donors (Lipinski definition) is 0. The van der Waals surface area contributed by atoms with Crippen molar-refractivity contribution < 1.29 is 0 Å². The van der Waals surface area contributed by atoms with Gasteiger partial charge in [-0.05, 0) is 24.7 Å². The van der Waals surface area contributed by atoms with Crippen LogP contribution in [0.15, 0.2) is 6.33 Å². The molecular formula is C12H20N2. The molecule has 0 spiro atoms. The average Bonchev–Trinajstić information content (AvgIpc) is 2.46. The number of hydrogen-bond acceptors (Lipinski definition) is 1. The van der Waals surface area contributed by atoms with Crippen LogP contribution in [-0.2, 0) is 13.5 Å². The molecule has 14 heavy (non-hydrogen) atoms. The molecule has 78 valence electrons. The van der Waals surface area contributed by atoms with Crippen LogP contribution in [0.25, 0.3) is 0 Å². The molecule has 0 fully saturated rings. The van der Waals surface area contributed by atoms with E-state index in [-0.39, 0.29) is 0 Å². The lowest BCUT2D eigenvalue weighted by Crippen LogP contribution is -2.23. The molecule has 0 saturated heterocycles. The Morgan fingerprint density at radius 2 is 2.14 bits per heavy atom. The van der Waals surface area contributed by atoms with Crippen LogP contribution in [0.2, 0.25) is 0 Å². The Kier molecular flexibility index (Phi) is 2.17. The fourth-order valence-electron chi connectivity index (χ4n) is 2.52. The van der Waals surface area contributed by atoms with Gasteiger partial charge in [-0.25, -0.2) is 4.98 Å².